The van der Waals surface area contributed by atoms with Crippen molar-refractivity contribution in [2.75, 3.05) is 26.4 Å². The summed E-state index contributed by atoms with van der Waals surface area (Å²) in [5, 5.41) is 18.2. The predicted molar refractivity (Wildman–Crippen MR) is 173 cm³/mol. The van der Waals surface area contributed by atoms with Crippen molar-refractivity contribution in [3.63, 3.8) is 0 Å². The summed E-state index contributed by atoms with van der Waals surface area (Å²) < 4.78 is 32.4. The number of phosphoric ester groups is 1. The van der Waals surface area contributed by atoms with Gasteiger partial charge in [0.2, 0.25) is 0 Å². The highest BCUT2D eigenvalue weighted by Gasteiger charge is 2.27. The van der Waals surface area contributed by atoms with E-state index in [1.54, 1.807) is 0 Å². The summed E-state index contributed by atoms with van der Waals surface area (Å²) in [4.78, 5) is 34.6. The number of carbonyl (C=O) groups is 2. The lowest BCUT2D eigenvalue weighted by Crippen LogP contribution is -2.29. The number of hydrogen-bond donors (Lipinski definition) is 3. The Morgan fingerprint density at radius 1 is 0.591 bits per heavy atom. The molecule has 0 aromatic rings. The number of aliphatic hydroxyl groups excluding tert-OH is 2. The zero-order valence-corrected chi connectivity index (χ0v) is 28.8. The number of carbonyl (C=O) groups excluding carboxylic acids is 2. The molecule has 0 saturated heterocycles. The fourth-order valence-corrected chi connectivity index (χ4v) is 5.55. The number of hydrogen-bond acceptors (Lipinski definition) is 9. The Bertz CT molecular complexity index is 721. The zero-order chi connectivity index (χ0) is 32.7. The van der Waals surface area contributed by atoms with Gasteiger partial charge >= 0.3 is 19.8 Å². The van der Waals surface area contributed by atoms with Crippen LogP contribution >= 0.6 is 7.82 Å². The van der Waals surface area contributed by atoms with E-state index in [2.05, 4.69) is 18.4 Å². The first-order chi connectivity index (χ1) is 21.2. The zero-order valence-electron chi connectivity index (χ0n) is 27.9. The molecule has 0 fully saturated rings. The van der Waals surface area contributed by atoms with E-state index in [0.717, 1.165) is 38.5 Å². The van der Waals surface area contributed by atoms with Crippen LogP contribution in [0.5, 0.6) is 0 Å². The number of ether oxygens (including phenoxy) is 2. The van der Waals surface area contributed by atoms with Gasteiger partial charge in [-0.2, -0.15) is 0 Å². The van der Waals surface area contributed by atoms with Gasteiger partial charge in [0, 0.05) is 12.8 Å². The van der Waals surface area contributed by atoms with Gasteiger partial charge in [-0.05, 0) is 12.8 Å². The molecule has 0 spiro atoms. The van der Waals surface area contributed by atoms with Gasteiger partial charge in [0.05, 0.1) is 19.8 Å². The molecule has 10 nitrogen and oxygen atoms in total. The first-order valence-electron chi connectivity index (χ1n) is 17.5. The lowest BCUT2D eigenvalue weighted by molar-refractivity contribution is -0.161. The second-order valence-electron chi connectivity index (χ2n) is 11.9. The molecule has 0 aromatic carbocycles. The third-order valence-corrected chi connectivity index (χ3v) is 8.46. The van der Waals surface area contributed by atoms with E-state index in [1.807, 2.05) is 0 Å². The van der Waals surface area contributed by atoms with E-state index >= 15 is 0 Å². The maximum Gasteiger partial charge on any atom is 0.472 e. The van der Waals surface area contributed by atoms with Crippen molar-refractivity contribution in [3.8, 4) is 0 Å². The second kappa shape index (κ2) is 30.6. The van der Waals surface area contributed by atoms with Crippen molar-refractivity contribution >= 4 is 19.8 Å². The van der Waals surface area contributed by atoms with E-state index in [9.17, 15) is 24.2 Å². The van der Waals surface area contributed by atoms with E-state index < -0.39 is 51.8 Å². The van der Waals surface area contributed by atoms with Crippen molar-refractivity contribution < 1.29 is 47.8 Å². The number of unbranched alkanes of at least 4 members (excludes halogenated alkanes) is 19. The summed E-state index contributed by atoms with van der Waals surface area (Å²) in [6, 6.07) is 0. The van der Waals surface area contributed by atoms with Gasteiger partial charge in [0.1, 0.15) is 12.7 Å². The van der Waals surface area contributed by atoms with E-state index in [-0.39, 0.29) is 19.4 Å². The monoisotopic (exact) mass is 652 g/mol. The minimum Gasteiger partial charge on any atom is -0.462 e. The van der Waals surface area contributed by atoms with E-state index in [0.29, 0.717) is 12.8 Å². The molecule has 0 heterocycles. The standard InChI is InChI=1S/C33H65O10P/c1-3-5-7-9-11-13-15-17-19-21-23-25-33(37)43-31(29-42-44(38,39)41-27-30(35)26-34)28-40-32(36)24-22-20-18-16-14-12-10-8-6-4-2/h30-31,34-35H,3-29H2,1-2H3,(H,38,39). The third kappa shape index (κ3) is 29.7. The molecule has 262 valence electrons. The van der Waals surface area contributed by atoms with Crippen LogP contribution in [0.4, 0.5) is 0 Å². The van der Waals surface area contributed by atoms with Crippen LogP contribution in [0.25, 0.3) is 0 Å². The van der Waals surface area contributed by atoms with Crippen LogP contribution in [-0.2, 0) is 32.7 Å². The first kappa shape index (κ1) is 43.0. The fraction of sp³-hybridized carbons (Fsp3) is 0.939. The Labute approximate surface area is 267 Å². The van der Waals surface area contributed by atoms with E-state index in [1.165, 1.54) is 83.5 Å². The van der Waals surface area contributed by atoms with Gasteiger partial charge in [-0.15, -0.1) is 0 Å². The summed E-state index contributed by atoms with van der Waals surface area (Å²) in [7, 11) is -4.59. The third-order valence-electron chi connectivity index (χ3n) is 7.51. The van der Waals surface area contributed by atoms with Gasteiger partial charge in [-0.25, -0.2) is 4.57 Å². The first-order valence-corrected chi connectivity index (χ1v) is 19.0. The average molecular weight is 653 g/mol. The van der Waals surface area contributed by atoms with Crippen molar-refractivity contribution in [2.45, 2.75) is 174 Å². The summed E-state index contributed by atoms with van der Waals surface area (Å²) in [5.74, 6) is -0.921. The van der Waals surface area contributed by atoms with Crippen LogP contribution in [0.15, 0.2) is 0 Å². The van der Waals surface area contributed by atoms with Crippen molar-refractivity contribution in [1.82, 2.24) is 0 Å². The van der Waals surface area contributed by atoms with Crippen LogP contribution < -0.4 is 0 Å². The molecular formula is C33H65O10P. The molecule has 3 unspecified atom stereocenters. The smallest absolute Gasteiger partial charge is 0.462 e. The topological polar surface area (TPSA) is 149 Å². The molecule has 0 radical (unpaired) electrons. The van der Waals surface area contributed by atoms with Gasteiger partial charge in [0.15, 0.2) is 6.10 Å². The molecule has 0 aromatic heterocycles. The average Bonchev–Trinajstić information content (AvgIpc) is 3.00. The number of aliphatic hydroxyl groups is 2. The Kier molecular flexibility index (Phi) is 29.9. The van der Waals surface area contributed by atoms with Gasteiger partial charge in [-0.1, -0.05) is 136 Å². The molecule has 0 rings (SSSR count). The molecule has 0 amide bonds. The molecule has 0 aliphatic carbocycles. The SMILES string of the molecule is CCCCCCCCCCCCCC(=O)OC(COC(=O)CCCCCCCCCCCC)COP(=O)(O)OCC(O)CO. The molecule has 3 atom stereocenters. The maximum absolute atomic E-state index is 12.5. The van der Waals surface area contributed by atoms with Crippen LogP contribution in [0.3, 0.4) is 0 Å². The van der Waals surface area contributed by atoms with Gasteiger partial charge < -0.3 is 24.6 Å². The summed E-state index contributed by atoms with van der Waals surface area (Å²) in [6.45, 7) is 2.34. The van der Waals surface area contributed by atoms with Crippen molar-refractivity contribution in [1.29, 1.82) is 0 Å². The highest BCUT2D eigenvalue weighted by molar-refractivity contribution is 7.47. The molecule has 0 aliphatic rings. The van der Waals surface area contributed by atoms with Crippen LogP contribution in [0, 0.1) is 0 Å². The molecule has 44 heavy (non-hydrogen) atoms. The number of phosphoric acid groups is 1. The Morgan fingerprint density at radius 2 is 0.977 bits per heavy atom. The minimum atomic E-state index is -4.59. The molecule has 0 aliphatic heterocycles. The lowest BCUT2D eigenvalue weighted by Gasteiger charge is -2.20. The number of esters is 2. The van der Waals surface area contributed by atoms with E-state index in [4.69, 9.17) is 19.1 Å². The van der Waals surface area contributed by atoms with Gasteiger partial charge in [-0.3, -0.25) is 18.6 Å². The predicted octanol–water partition coefficient (Wildman–Crippen LogP) is 7.94. The van der Waals surface area contributed by atoms with Gasteiger partial charge in [0.25, 0.3) is 0 Å². The molecule has 11 heteroatoms. The highest BCUT2D eigenvalue weighted by atomic mass is 31.2. The second-order valence-corrected chi connectivity index (χ2v) is 13.4. The Balaban J connectivity index is 4.41. The molecular weight excluding hydrogens is 587 g/mol. The van der Waals surface area contributed by atoms with Crippen LogP contribution in [0.1, 0.15) is 162 Å². The van der Waals surface area contributed by atoms with Crippen molar-refractivity contribution in [2.24, 2.45) is 0 Å². The number of rotatable bonds is 33. The Hall–Kier alpha value is -1.03. The minimum absolute atomic E-state index is 0.191. The highest BCUT2D eigenvalue weighted by Crippen LogP contribution is 2.43. The summed E-state index contributed by atoms with van der Waals surface area (Å²) in [5.41, 5.74) is 0. The molecule has 0 saturated carbocycles. The quantitative estimate of drug-likeness (QED) is 0.0362. The summed E-state index contributed by atoms with van der Waals surface area (Å²) >= 11 is 0. The fourth-order valence-electron chi connectivity index (χ4n) is 4.76. The van der Waals surface area contributed by atoms with Crippen LogP contribution in [0.2, 0.25) is 0 Å². The largest absolute Gasteiger partial charge is 0.472 e. The van der Waals surface area contributed by atoms with Crippen LogP contribution in [-0.4, -0.2) is 65.7 Å². The Morgan fingerprint density at radius 3 is 1.41 bits per heavy atom. The van der Waals surface area contributed by atoms with Crippen molar-refractivity contribution in [3.05, 3.63) is 0 Å². The summed E-state index contributed by atoms with van der Waals surface area (Å²) in [6.07, 6.45) is 22.2. The molecule has 0 bridgehead atoms. The normalized spacial score (nSPS) is 14.2. The maximum atomic E-state index is 12.5. The molecule has 3 N–H and O–H groups in total. The lowest BCUT2D eigenvalue weighted by atomic mass is 10.1.